The summed E-state index contributed by atoms with van der Waals surface area (Å²) >= 11 is 0. The van der Waals surface area contributed by atoms with Gasteiger partial charge in [-0.2, -0.15) is 0 Å². The van der Waals surface area contributed by atoms with Crippen LogP contribution in [0, 0.1) is 0 Å². The Kier molecular flexibility index (Phi) is 9.50. The van der Waals surface area contributed by atoms with Crippen LogP contribution in [0.1, 0.15) is 33.1 Å². The van der Waals surface area contributed by atoms with E-state index in [9.17, 15) is 9.59 Å². The maximum Gasteiger partial charge on any atom is 0.409 e. The molecular weight excluding hydrogens is 372 g/mol. The van der Waals surface area contributed by atoms with E-state index in [1.54, 1.807) is 9.80 Å². The van der Waals surface area contributed by atoms with Crippen LogP contribution in [0.3, 0.4) is 0 Å². The second kappa shape index (κ2) is 11.8. The number of guanidine groups is 1. The molecule has 2 heterocycles. The minimum Gasteiger partial charge on any atom is -0.450 e. The van der Waals surface area contributed by atoms with E-state index in [4.69, 9.17) is 9.73 Å². The number of hydrogen-bond donors (Lipinski definition) is 1. The molecule has 2 saturated heterocycles. The highest BCUT2D eigenvalue weighted by atomic mass is 16.6. The number of aliphatic imine (C=N–C) groups is 1. The first-order valence-electron chi connectivity index (χ1n) is 10.9. The standard InChI is InChI=1S/C20H38N6O3/c1-5-21-19(25-13-15-26(16-14-25)20(28)29-6-2)22-10-8-12-24-11-7-9-17(24)18(27)23(3)4/h17H,5-16H2,1-4H3,(H,21,22). The van der Waals surface area contributed by atoms with Gasteiger partial charge in [-0.1, -0.05) is 0 Å². The Bertz CT molecular complexity index is 560. The first-order valence-corrected chi connectivity index (χ1v) is 10.9. The summed E-state index contributed by atoms with van der Waals surface area (Å²) in [4.78, 5) is 36.9. The smallest absolute Gasteiger partial charge is 0.409 e. The molecule has 9 nitrogen and oxygen atoms in total. The number of ether oxygens (including phenoxy) is 1. The number of hydrogen-bond acceptors (Lipinski definition) is 5. The number of nitrogens with one attached hydrogen (secondary N) is 1. The van der Waals surface area contributed by atoms with Crippen molar-refractivity contribution < 1.29 is 14.3 Å². The van der Waals surface area contributed by atoms with Gasteiger partial charge in [0.25, 0.3) is 0 Å². The van der Waals surface area contributed by atoms with Gasteiger partial charge in [0.1, 0.15) is 0 Å². The Morgan fingerprint density at radius 2 is 1.79 bits per heavy atom. The predicted molar refractivity (Wildman–Crippen MR) is 114 cm³/mol. The molecule has 1 atom stereocenters. The lowest BCUT2D eigenvalue weighted by molar-refractivity contribution is -0.133. The quantitative estimate of drug-likeness (QED) is 0.377. The van der Waals surface area contributed by atoms with E-state index in [-0.39, 0.29) is 18.0 Å². The molecule has 2 amide bonds. The summed E-state index contributed by atoms with van der Waals surface area (Å²) in [7, 11) is 3.65. The van der Waals surface area contributed by atoms with Gasteiger partial charge in [0, 0.05) is 59.9 Å². The monoisotopic (exact) mass is 410 g/mol. The lowest BCUT2D eigenvalue weighted by Gasteiger charge is -2.36. The Hall–Kier alpha value is -2.03. The van der Waals surface area contributed by atoms with E-state index < -0.39 is 0 Å². The second-order valence-electron chi connectivity index (χ2n) is 7.69. The Morgan fingerprint density at radius 1 is 1.10 bits per heavy atom. The van der Waals surface area contributed by atoms with Crippen molar-refractivity contribution >= 4 is 18.0 Å². The van der Waals surface area contributed by atoms with Crippen LogP contribution in [-0.4, -0.2) is 117 Å². The predicted octanol–water partition coefficient (Wildman–Crippen LogP) is 0.669. The second-order valence-corrected chi connectivity index (χ2v) is 7.69. The lowest BCUT2D eigenvalue weighted by Crippen LogP contribution is -2.54. The number of amides is 2. The van der Waals surface area contributed by atoms with Gasteiger partial charge in [-0.05, 0) is 39.7 Å². The van der Waals surface area contributed by atoms with Gasteiger partial charge in [-0.3, -0.25) is 14.7 Å². The van der Waals surface area contributed by atoms with Crippen molar-refractivity contribution in [2.75, 3.05) is 73.1 Å². The Balaban J connectivity index is 1.80. The van der Waals surface area contributed by atoms with Crippen molar-refractivity contribution in [3.05, 3.63) is 0 Å². The summed E-state index contributed by atoms with van der Waals surface area (Å²) < 4.78 is 5.08. The number of piperazine rings is 1. The normalized spacial score (nSPS) is 20.7. The van der Waals surface area contributed by atoms with E-state index in [0.717, 1.165) is 64.5 Å². The number of likely N-dealkylation sites (N-methyl/N-ethyl adjacent to an activating group) is 1. The minimum absolute atomic E-state index is 0.0261. The fourth-order valence-electron chi connectivity index (χ4n) is 3.87. The molecule has 2 rings (SSSR count). The average Bonchev–Trinajstić information content (AvgIpc) is 3.18. The summed E-state index contributed by atoms with van der Waals surface area (Å²) in [5, 5.41) is 3.36. The molecule has 9 heteroatoms. The fourth-order valence-corrected chi connectivity index (χ4v) is 3.87. The molecule has 0 aliphatic carbocycles. The van der Waals surface area contributed by atoms with E-state index in [0.29, 0.717) is 19.7 Å². The van der Waals surface area contributed by atoms with Crippen LogP contribution < -0.4 is 5.32 Å². The van der Waals surface area contributed by atoms with Gasteiger partial charge in [0.05, 0.1) is 12.6 Å². The van der Waals surface area contributed by atoms with Crippen LogP contribution in [0.25, 0.3) is 0 Å². The lowest BCUT2D eigenvalue weighted by atomic mass is 10.2. The molecule has 0 aromatic rings. The van der Waals surface area contributed by atoms with Gasteiger partial charge in [-0.15, -0.1) is 0 Å². The van der Waals surface area contributed by atoms with Crippen molar-refractivity contribution in [3.8, 4) is 0 Å². The topological polar surface area (TPSA) is 80.7 Å². The molecule has 2 aliphatic heterocycles. The van der Waals surface area contributed by atoms with Crippen molar-refractivity contribution in [1.82, 2.24) is 24.9 Å². The molecule has 166 valence electrons. The summed E-state index contributed by atoms with van der Waals surface area (Å²) in [5.41, 5.74) is 0. The third kappa shape index (κ3) is 6.76. The average molecular weight is 411 g/mol. The number of carbonyl (C=O) groups is 2. The summed E-state index contributed by atoms with van der Waals surface area (Å²) in [6.07, 6.45) is 2.73. The summed E-state index contributed by atoms with van der Waals surface area (Å²) in [6.45, 7) is 10.5. The molecular formula is C20H38N6O3. The SMILES string of the molecule is CCNC(=NCCCN1CCCC1C(=O)N(C)C)N1CCN(C(=O)OCC)CC1. The van der Waals surface area contributed by atoms with E-state index >= 15 is 0 Å². The van der Waals surface area contributed by atoms with Crippen LogP contribution in [0.5, 0.6) is 0 Å². The largest absolute Gasteiger partial charge is 0.450 e. The van der Waals surface area contributed by atoms with E-state index in [1.165, 1.54) is 0 Å². The molecule has 0 aromatic heterocycles. The third-order valence-electron chi connectivity index (χ3n) is 5.39. The van der Waals surface area contributed by atoms with Crippen LogP contribution in [-0.2, 0) is 9.53 Å². The van der Waals surface area contributed by atoms with Crippen LogP contribution in [0.15, 0.2) is 4.99 Å². The molecule has 0 saturated carbocycles. The summed E-state index contributed by atoms with van der Waals surface area (Å²) in [6, 6.07) is 0.0261. The number of nitrogens with zero attached hydrogens (tertiary/aromatic N) is 5. The van der Waals surface area contributed by atoms with Gasteiger partial charge in [0.2, 0.25) is 5.91 Å². The van der Waals surface area contributed by atoms with Gasteiger partial charge in [-0.25, -0.2) is 4.79 Å². The zero-order chi connectivity index (χ0) is 21.2. The summed E-state index contributed by atoms with van der Waals surface area (Å²) in [5.74, 6) is 1.11. The number of carbonyl (C=O) groups excluding carboxylic acids is 2. The Labute approximate surface area is 175 Å². The first kappa shape index (κ1) is 23.3. The van der Waals surface area contributed by atoms with E-state index in [2.05, 4.69) is 22.0 Å². The molecule has 29 heavy (non-hydrogen) atoms. The zero-order valence-corrected chi connectivity index (χ0v) is 18.5. The van der Waals surface area contributed by atoms with Crippen molar-refractivity contribution in [1.29, 1.82) is 0 Å². The van der Waals surface area contributed by atoms with Gasteiger partial charge >= 0.3 is 6.09 Å². The molecule has 0 bridgehead atoms. The highest BCUT2D eigenvalue weighted by molar-refractivity contribution is 5.81. The van der Waals surface area contributed by atoms with Crippen molar-refractivity contribution in [3.63, 3.8) is 0 Å². The van der Waals surface area contributed by atoms with Crippen LogP contribution >= 0.6 is 0 Å². The molecule has 1 N–H and O–H groups in total. The molecule has 0 spiro atoms. The van der Waals surface area contributed by atoms with E-state index in [1.807, 2.05) is 21.0 Å². The molecule has 0 aromatic carbocycles. The minimum atomic E-state index is -0.235. The molecule has 1 unspecified atom stereocenters. The maximum absolute atomic E-state index is 12.3. The van der Waals surface area contributed by atoms with Crippen LogP contribution in [0.2, 0.25) is 0 Å². The van der Waals surface area contributed by atoms with Crippen molar-refractivity contribution in [2.45, 2.75) is 39.2 Å². The highest BCUT2D eigenvalue weighted by Gasteiger charge is 2.31. The molecule has 2 aliphatic rings. The zero-order valence-electron chi connectivity index (χ0n) is 18.5. The third-order valence-corrected chi connectivity index (χ3v) is 5.39. The van der Waals surface area contributed by atoms with Gasteiger partial charge < -0.3 is 24.8 Å². The van der Waals surface area contributed by atoms with Crippen LogP contribution in [0.4, 0.5) is 4.79 Å². The fraction of sp³-hybridized carbons (Fsp3) is 0.850. The first-order chi connectivity index (χ1) is 14.0. The highest BCUT2D eigenvalue weighted by Crippen LogP contribution is 2.18. The molecule has 2 fully saturated rings. The van der Waals surface area contributed by atoms with Crippen molar-refractivity contribution in [2.24, 2.45) is 4.99 Å². The molecule has 0 radical (unpaired) electrons. The van der Waals surface area contributed by atoms with Gasteiger partial charge in [0.15, 0.2) is 5.96 Å². The number of likely N-dealkylation sites (tertiary alicyclic amines) is 1. The Morgan fingerprint density at radius 3 is 2.41 bits per heavy atom. The number of rotatable bonds is 7. The maximum atomic E-state index is 12.3.